The average Bonchev–Trinajstić information content (AvgIpc) is 3.30. The van der Waals surface area contributed by atoms with Crippen molar-refractivity contribution >= 4 is 29.1 Å². The first-order chi connectivity index (χ1) is 10.1. The molecule has 0 saturated heterocycles. The van der Waals surface area contributed by atoms with Crippen molar-refractivity contribution in [3.63, 3.8) is 0 Å². The second-order valence-corrected chi connectivity index (χ2v) is 5.99. The van der Waals surface area contributed by atoms with Gasteiger partial charge in [-0.25, -0.2) is 0 Å². The summed E-state index contributed by atoms with van der Waals surface area (Å²) in [6.07, 6.45) is 5.59. The standard InChI is InChI=1S/C16H14Cl2N2O/c17-12-3-6-14(15(18)8-12)16(21)20(13-4-5-13)10-11-2-1-7-19-9-11/h1-3,6-9,13H,4-5,10H2. The van der Waals surface area contributed by atoms with Crippen molar-refractivity contribution in [1.29, 1.82) is 0 Å². The van der Waals surface area contributed by atoms with Crippen LogP contribution < -0.4 is 0 Å². The van der Waals surface area contributed by atoms with E-state index in [4.69, 9.17) is 23.2 Å². The van der Waals surface area contributed by atoms with Crippen LogP contribution >= 0.6 is 23.2 Å². The molecule has 108 valence electrons. The molecule has 21 heavy (non-hydrogen) atoms. The fraction of sp³-hybridized carbons (Fsp3) is 0.250. The minimum atomic E-state index is -0.0528. The van der Waals surface area contributed by atoms with E-state index < -0.39 is 0 Å². The third kappa shape index (κ3) is 3.36. The quantitative estimate of drug-likeness (QED) is 0.846. The molecular formula is C16H14Cl2N2O. The largest absolute Gasteiger partial charge is 0.331 e. The average molecular weight is 321 g/mol. The molecule has 1 fully saturated rings. The molecular weight excluding hydrogens is 307 g/mol. The zero-order chi connectivity index (χ0) is 14.8. The van der Waals surface area contributed by atoms with Crippen LogP contribution in [0.3, 0.4) is 0 Å². The summed E-state index contributed by atoms with van der Waals surface area (Å²) in [5.74, 6) is -0.0528. The number of halogens is 2. The number of aromatic nitrogens is 1. The van der Waals surface area contributed by atoms with Gasteiger partial charge in [-0.15, -0.1) is 0 Å². The highest BCUT2D eigenvalue weighted by Gasteiger charge is 2.33. The Morgan fingerprint density at radius 3 is 2.71 bits per heavy atom. The van der Waals surface area contributed by atoms with E-state index in [9.17, 15) is 4.79 Å². The van der Waals surface area contributed by atoms with Crippen LogP contribution in [0, 0.1) is 0 Å². The Kier molecular flexibility index (Phi) is 4.13. The van der Waals surface area contributed by atoms with Gasteiger partial charge in [0, 0.05) is 30.0 Å². The smallest absolute Gasteiger partial charge is 0.255 e. The van der Waals surface area contributed by atoms with Gasteiger partial charge < -0.3 is 4.90 Å². The first-order valence-corrected chi connectivity index (χ1v) is 7.55. The maximum atomic E-state index is 12.7. The van der Waals surface area contributed by atoms with Crippen molar-refractivity contribution < 1.29 is 4.79 Å². The molecule has 3 nitrogen and oxygen atoms in total. The van der Waals surface area contributed by atoms with E-state index in [1.807, 2.05) is 17.0 Å². The van der Waals surface area contributed by atoms with E-state index in [-0.39, 0.29) is 5.91 Å². The predicted octanol–water partition coefficient (Wildman–Crippen LogP) is 4.19. The normalized spacial score (nSPS) is 14.0. The van der Waals surface area contributed by atoms with Crippen molar-refractivity contribution in [3.8, 4) is 0 Å². The second-order valence-electron chi connectivity index (χ2n) is 5.15. The summed E-state index contributed by atoms with van der Waals surface area (Å²) in [7, 11) is 0. The molecule has 0 atom stereocenters. The van der Waals surface area contributed by atoms with Crippen LogP contribution in [0.25, 0.3) is 0 Å². The van der Waals surface area contributed by atoms with Gasteiger partial charge in [0.25, 0.3) is 5.91 Å². The summed E-state index contributed by atoms with van der Waals surface area (Å²) in [5.41, 5.74) is 1.51. The molecule has 0 spiro atoms. The van der Waals surface area contributed by atoms with Gasteiger partial charge in [-0.3, -0.25) is 9.78 Å². The highest BCUT2D eigenvalue weighted by molar-refractivity contribution is 6.36. The van der Waals surface area contributed by atoms with Crippen LogP contribution in [-0.2, 0) is 6.54 Å². The Balaban J connectivity index is 1.85. The van der Waals surface area contributed by atoms with E-state index in [1.165, 1.54) is 0 Å². The highest BCUT2D eigenvalue weighted by atomic mass is 35.5. The topological polar surface area (TPSA) is 33.2 Å². The number of benzene rings is 1. The number of carbonyl (C=O) groups excluding carboxylic acids is 1. The number of hydrogen-bond acceptors (Lipinski definition) is 2. The molecule has 1 aliphatic rings. The van der Waals surface area contributed by atoms with E-state index in [0.29, 0.717) is 28.2 Å². The Morgan fingerprint density at radius 1 is 1.29 bits per heavy atom. The minimum Gasteiger partial charge on any atom is -0.331 e. The summed E-state index contributed by atoms with van der Waals surface area (Å²) < 4.78 is 0. The highest BCUT2D eigenvalue weighted by Crippen LogP contribution is 2.31. The molecule has 1 heterocycles. The zero-order valence-corrected chi connectivity index (χ0v) is 12.8. The summed E-state index contributed by atoms with van der Waals surface area (Å²) in [5, 5.41) is 0.922. The molecule has 5 heteroatoms. The van der Waals surface area contributed by atoms with E-state index >= 15 is 0 Å². The Labute approximate surface area is 133 Å². The second kappa shape index (κ2) is 6.04. The fourth-order valence-corrected chi connectivity index (χ4v) is 2.75. The van der Waals surface area contributed by atoms with Gasteiger partial charge in [0.2, 0.25) is 0 Å². The van der Waals surface area contributed by atoms with Crippen molar-refractivity contribution in [2.75, 3.05) is 0 Å². The number of rotatable bonds is 4. The van der Waals surface area contributed by atoms with E-state index in [0.717, 1.165) is 18.4 Å². The Hall–Kier alpha value is -1.58. The minimum absolute atomic E-state index is 0.0528. The lowest BCUT2D eigenvalue weighted by atomic mass is 10.1. The first kappa shape index (κ1) is 14.4. The Bertz CT molecular complexity index is 657. The van der Waals surface area contributed by atoms with E-state index in [2.05, 4.69) is 4.98 Å². The number of pyridine rings is 1. The molecule has 1 saturated carbocycles. The van der Waals surface area contributed by atoms with Crippen molar-refractivity contribution in [3.05, 3.63) is 63.9 Å². The molecule has 1 aromatic heterocycles. The van der Waals surface area contributed by atoms with Gasteiger partial charge in [0.1, 0.15) is 0 Å². The molecule has 0 N–H and O–H groups in total. The van der Waals surface area contributed by atoms with Crippen LogP contribution in [0.15, 0.2) is 42.7 Å². The molecule has 2 aromatic rings. The van der Waals surface area contributed by atoms with Crippen molar-refractivity contribution in [1.82, 2.24) is 9.88 Å². The summed E-state index contributed by atoms with van der Waals surface area (Å²) >= 11 is 12.0. The molecule has 1 aliphatic carbocycles. The van der Waals surface area contributed by atoms with Gasteiger partial charge in [-0.2, -0.15) is 0 Å². The van der Waals surface area contributed by atoms with Crippen LogP contribution in [0.4, 0.5) is 0 Å². The van der Waals surface area contributed by atoms with Crippen molar-refractivity contribution in [2.24, 2.45) is 0 Å². The molecule has 0 radical (unpaired) electrons. The predicted molar refractivity (Wildman–Crippen MR) is 83.6 cm³/mol. The lowest BCUT2D eigenvalue weighted by Gasteiger charge is -2.23. The monoisotopic (exact) mass is 320 g/mol. The summed E-state index contributed by atoms with van der Waals surface area (Å²) in [4.78, 5) is 18.7. The van der Waals surface area contributed by atoms with Gasteiger partial charge in [0.15, 0.2) is 0 Å². The van der Waals surface area contributed by atoms with Crippen LogP contribution in [0.5, 0.6) is 0 Å². The van der Waals surface area contributed by atoms with Gasteiger partial charge in [-0.1, -0.05) is 29.3 Å². The lowest BCUT2D eigenvalue weighted by Crippen LogP contribution is -2.32. The van der Waals surface area contributed by atoms with Crippen LogP contribution in [-0.4, -0.2) is 21.8 Å². The van der Waals surface area contributed by atoms with Gasteiger partial charge in [0.05, 0.1) is 10.6 Å². The number of carbonyl (C=O) groups is 1. The molecule has 0 unspecified atom stereocenters. The SMILES string of the molecule is O=C(c1ccc(Cl)cc1Cl)N(Cc1cccnc1)C1CC1. The number of amides is 1. The Morgan fingerprint density at radius 2 is 2.10 bits per heavy atom. The van der Waals surface area contributed by atoms with Gasteiger partial charge in [-0.05, 0) is 42.7 Å². The molecule has 0 bridgehead atoms. The third-order valence-electron chi connectivity index (χ3n) is 3.49. The molecule has 1 aromatic carbocycles. The number of nitrogens with zero attached hydrogens (tertiary/aromatic N) is 2. The molecule has 0 aliphatic heterocycles. The van der Waals surface area contributed by atoms with Crippen molar-refractivity contribution in [2.45, 2.75) is 25.4 Å². The van der Waals surface area contributed by atoms with Crippen LogP contribution in [0.2, 0.25) is 10.0 Å². The maximum Gasteiger partial charge on any atom is 0.255 e. The third-order valence-corrected chi connectivity index (χ3v) is 4.03. The summed E-state index contributed by atoms with van der Waals surface area (Å²) in [6.45, 7) is 0.552. The molecule has 3 rings (SSSR count). The lowest BCUT2D eigenvalue weighted by molar-refractivity contribution is 0.0730. The first-order valence-electron chi connectivity index (χ1n) is 6.80. The van der Waals surface area contributed by atoms with Crippen LogP contribution in [0.1, 0.15) is 28.8 Å². The molecule has 1 amide bonds. The van der Waals surface area contributed by atoms with E-state index in [1.54, 1.807) is 30.6 Å². The zero-order valence-electron chi connectivity index (χ0n) is 11.3. The van der Waals surface area contributed by atoms with Gasteiger partial charge >= 0.3 is 0 Å². The fourth-order valence-electron chi connectivity index (χ4n) is 2.26. The summed E-state index contributed by atoms with van der Waals surface area (Å²) in [6, 6.07) is 9.12. The maximum absolute atomic E-state index is 12.7. The number of hydrogen-bond donors (Lipinski definition) is 0.